The first-order valence-electron chi connectivity index (χ1n) is 8.03. The number of Topliss-reactive ketones (excluding diaryl/α,β-unsaturated/α-hetero) is 1. The van der Waals surface area contributed by atoms with Crippen LogP contribution in [-0.2, 0) is 14.1 Å². The van der Waals surface area contributed by atoms with E-state index in [1.54, 1.807) is 10.8 Å². The van der Waals surface area contributed by atoms with Gasteiger partial charge in [-0.2, -0.15) is 0 Å². The van der Waals surface area contributed by atoms with Crippen LogP contribution in [0.15, 0.2) is 42.9 Å². The number of carbonyl (C=O) groups is 1. The number of para-hydroxylation sites is 1. The molecule has 0 aliphatic carbocycles. The quantitative estimate of drug-likeness (QED) is 0.670. The Kier molecular flexibility index (Phi) is 4.07. The number of hydrogen-bond acceptors (Lipinski definition) is 2. The third-order valence-electron chi connectivity index (χ3n) is 4.61. The highest BCUT2D eigenvalue weighted by Gasteiger charge is 2.25. The molecule has 0 unspecified atom stereocenters. The lowest BCUT2D eigenvalue weighted by Gasteiger charge is -2.20. The first kappa shape index (κ1) is 15.5. The van der Waals surface area contributed by atoms with Crippen LogP contribution in [-0.4, -0.2) is 19.9 Å². The molecule has 1 atom stereocenters. The van der Waals surface area contributed by atoms with Crippen molar-refractivity contribution >= 4 is 16.7 Å². The molecule has 0 bridgehead atoms. The third-order valence-corrected chi connectivity index (χ3v) is 4.61. The van der Waals surface area contributed by atoms with Crippen LogP contribution in [0.1, 0.15) is 42.4 Å². The van der Waals surface area contributed by atoms with E-state index < -0.39 is 0 Å². The minimum absolute atomic E-state index is 0.101. The number of benzene rings is 1. The molecule has 3 aromatic rings. The SMILES string of the molecule is CC(C)[C@H](CC(=O)c1nccn1C)c1cn(C)c2ccccc12. The summed E-state index contributed by atoms with van der Waals surface area (Å²) in [4.78, 5) is 16.9. The van der Waals surface area contributed by atoms with Gasteiger partial charge in [-0.25, -0.2) is 4.98 Å². The van der Waals surface area contributed by atoms with Gasteiger partial charge in [-0.05, 0) is 23.5 Å². The highest BCUT2D eigenvalue weighted by Crippen LogP contribution is 2.35. The van der Waals surface area contributed by atoms with Crippen LogP contribution < -0.4 is 0 Å². The van der Waals surface area contributed by atoms with E-state index in [1.807, 2.05) is 13.2 Å². The van der Waals surface area contributed by atoms with Gasteiger partial charge in [0.05, 0.1) is 0 Å². The van der Waals surface area contributed by atoms with Crippen LogP contribution in [0.25, 0.3) is 10.9 Å². The fourth-order valence-electron chi connectivity index (χ4n) is 3.30. The monoisotopic (exact) mass is 309 g/mol. The Hall–Kier alpha value is -2.36. The van der Waals surface area contributed by atoms with Crippen molar-refractivity contribution in [2.75, 3.05) is 0 Å². The Morgan fingerprint density at radius 2 is 1.91 bits per heavy atom. The van der Waals surface area contributed by atoms with Gasteiger partial charge in [0, 0.05) is 50.0 Å². The zero-order valence-electron chi connectivity index (χ0n) is 14.2. The zero-order valence-corrected chi connectivity index (χ0v) is 14.2. The van der Waals surface area contributed by atoms with Crippen molar-refractivity contribution in [1.82, 2.24) is 14.1 Å². The first-order valence-corrected chi connectivity index (χ1v) is 8.03. The van der Waals surface area contributed by atoms with Crippen molar-refractivity contribution < 1.29 is 4.79 Å². The number of fused-ring (bicyclic) bond motifs is 1. The topological polar surface area (TPSA) is 39.8 Å². The smallest absolute Gasteiger partial charge is 0.198 e. The molecule has 0 saturated heterocycles. The fraction of sp³-hybridized carbons (Fsp3) is 0.368. The Morgan fingerprint density at radius 1 is 1.17 bits per heavy atom. The summed E-state index contributed by atoms with van der Waals surface area (Å²) in [5, 5.41) is 1.24. The molecule has 2 heterocycles. The van der Waals surface area contributed by atoms with Crippen molar-refractivity contribution in [1.29, 1.82) is 0 Å². The predicted molar refractivity (Wildman–Crippen MR) is 92.7 cm³/mol. The van der Waals surface area contributed by atoms with Gasteiger partial charge in [-0.3, -0.25) is 4.79 Å². The highest BCUT2D eigenvalue weighted by atomic mass is 16.1. The van der Waals surface area contributed by atoms with Gasteiger partial charge in [0.2, 0.25) is 0 Å². The lowest BCUT2D eigenvalue weighted by molar-refractivity contribution is 0.0953. The first-order chi connectivity index (χ1) is 11.0. The average Bonchev–Trinajstić information content (AvgIpc) is 3.09. The van der Waals surface area contributed by atoms with E-state index >= 15 is 0 Å². The van der Waals surface area contributed by atoms with Gasteiger partial charge in [-0.1, -0.05) is 32.0 Å². The van der Waals surface area contributed by atoms with Crippen molar-refractivity contribution in [2.24, 2.45) is 20.0 Å². The number of hydrogen-bond donors (Lipinski definition) is 0. The van der Waals surface area contributed by atoms with Crippen LogP contribution in [0.3, 0.4) is 0 Å². The van der Waals surface area contributed by atoms with Crippen molar-refractivity contribution in [3.05, 3.63) is 54.2 Å². The van der Waals surface area contributed by atoms with Gasteiger partial charge < -0.3 is 9.13 Å². The summed E-state index contributed by atoms with van der Waals surface area (Å²) >= 11 is 0. The number of aromatic nitrogens is 3. The molecule has 0 aliphatic heterocycles. The number of aryl methyl sites for hydroxylation is 2. The second-order valence-corrected chi connectivity index (χ2v) is 6.55. The van der Waals surface area contributed by atoms with Crippen molar-refractivity contribution in [3.8, 4) is 0 Å². The Balaban J connectivity index is 1.99. The normalized spacial score (nSPS) is 12.9. The number of rotatable bonds is 5. The molecule has 0 fully saturated rings. The van der Waals surface area contributed by atoms with Gasteiger partial charge >= 0.3 is 0 Å². The maximum absolute atomic E-state index is 12.7. The Bertz CT molecular complexity index is 841. The summed E-state index contributed by atoms with van der Waals surface area (Å²) in [6.45, 7) is 4.36. The Labute approximate surface area is 136 Å². The van der Waals surface area contributed by atoms with Crippen LogP contribution in [0.5, 0.6) is 0 Å². The summed E-state index contributed by atoms with van der Waals surface area (Å²) < 4.78 is 3.94. The number of ketones is 1. The molecule has 0 aliphatic rings. The molecule has 4 heteroatoms. The molecular weight excluding hydrogens is 286 g/mol. The summed E-state index contributed by atoms with van der Waals surface area (Å²) in [5.41, 5.74) is 2.46. The lowest BCUT2D eigenvalue weighted by Crippen LogP contribution is -2.15. The van der Waals surface area contributed by atoms with Crippen molar-refractivity contribution in [2.45, 2.75) is 26.2 Å². The fourth-order valence-corrected chi connectivity index (χ4v) is 3.30. The third kappa shape index (κ3) is 2.81. The minimum atomic E-state index is 0.101. The second-order valence-electron chi connectivity index (χ2n) is 6.55. The minimum Gasteiger partial charge on any atom is -0.350 e. The maximum Gasteiger partial charge on any atom is 0.198 e. The lowest BCUT2D eigenvalue weighted by atomic mass is 9.84. The molecule has 0 spiro atoms. The summed E-state index contributed by atoms with van der Waals surface area (Å²) in [6.07, 6.45) is 6.14. The molecule has 0 saturated carbocycles. The van der Waals surface area contributed by atoms with Gasteiger partial charge in [0.15, 0.2) is 11.6 Å². The van der Waals surface area contributed by atoms with Crippen LogP contribution in [0, 0.1) is 5.92 Å². The molecule has 120 valence electrons. The molecule has 3 rings (SSSR count). The molecule has 2 aromatic heterocycles. The van der Waals surface area contributed by atoms with Crippen LogP contribution in [0.2, 0.25) is 0 Å². The summed E-state index contributed by atoms with van der Waals surface area (Å²) in [5.74, 6) is 1.20. The van der Waals surface area contributed by atoms with Gasteiger partial charge in [0.25, 0.3) is 0 Å². The van der Waals surface area contributed by atoms with E-state index in [4.69, 9.17) is 0 Å². The number of nitrogens with zero attached hydrogens (tertiary/aromatic N) is 3. The summed E-state index contributed by atoms with van der Waals surface area (Å²) in [6, 6.07) is 8.38. The maximum atomic E-state index is 12.7. The van der Waals surface area contributed by atoms with E-state index in [0.717, 1.165) is 0 Å². The zero-order chi connectivity index (χ0) is 16.6. The van der Waals surface area contributed by atoms with Gasteiger partial charge in [0.1, 0.15) is 0 Å². The largest absolute Gasteiger partial charge is 0.350 e. The predicted octanol–water partition coefficient (Wildman–Crippen LogP) is 3.92. The molecule has 23 heavy (non-hydrogen) atoms. The highest BCUT2D eigenvalue weighted by molar-refractivity contribution is 5.94. The second kappa shape index (κ2) is 6.03. The Morgan fingerprint density at radius 3 is 2.57 bits per heavy atom. The van der Waals surface area contributed by atoms with E-state index in [9.17, 15) is 4.79 Å². The molecular formula is C19H23N3O. The molecule has 1 aromatic carbocycles. The van der Waals surface area contributed by atoms with E-state index in [2.05, 4.69) is 60.9 Å². The summed E-state index contributed by atoms with van der Waals surface area (Å²) in [7, 11) is 3.92. The van der Waals surface area contributed by atoms with E-state index in [0.29, 0.717) is 18.2 Å². The van der Waals surface area contributed by atoms with Crippen LogP contribution in [0.4, 0.5) is 0 Å². The number of carbonyl (C=O) groups excluding carboxylic acids is 1. The average molecular weight is 309 g/mol. The molecule has 0 radical (unpaired) electrons. The molecule has 4 nitrogen and oxygen atoms in total. The van der Waals surface area contributed by atoms with E-state index in [1.165, 1.54) is 16.5 Å². The van der Waals surface area contributed by atoms with E-state index in [-0.39, 0.29) is 11.7 Å². The standard InChI is InChI=1S/C19H23N3O/c1-13(2)15(11-18(23)19-20-9-10-21(19)3)16-12-22(4)17-8-6-5-7-14(16)17/h5-10,12-13,15H,11H2,1-4H3/t15-/m0/s1. The van der Waals surface area contributed by atoms with Crippen molar-refractivity contribution in [3.63, 3.8) is 0 Å². The van der Waals surface area contributed by atoms with Gasteiger partial charge in [-0.15, -0.1) is 0 Å². The molecule has 0 N–H and O–H groups in total. The number of imidazole rings is 1. The molecule has 0 amide bonds. The van der Waals surface area contributed by atoms with Crippen LogP contribution >= 0.6 is 0 Å².